The quantitative estimate of drug-likeness (QED) is 0.582. The van der Waals surface area contributed by atoms with Gasteiger partial charge in [0.25, 0.3) is 0 Å². The zero-order valence-electron chi connectivity index (χ0n) is 7.25. The summed E-state index contributed by atoms with van der Waals surface area (Å²) in [6.45, 7) is 1.67. The number of nitrogens with two attached hydrogens (primary N) is 1. The molecule has 2 nitrogen and oxygen atoms in total. The van der Waals surface area contributed by atoms with Crippen molar-refractivity contribution >= 4 is 17.4 Å². The average molecular weight is 196 g/mol. The first-order valence-corrected chi connectivity index (χ1v) is 4.21. The molecule has 0 unspecified atom stereocenters. The second-order valence-corrected chi connectivity index (χ2v) is 3.20. The maximum Gasteiger partial charge on any atom is 0.187 e. The molecule has 68 valence electrons. The lowest BCUT2D eigenvalue weighted by Gasteiger charge is -1.96. The number of rotatable bonds is 2. The summed E-state index contributed by atoms with van der Waals surface area (Å²) in [7, 11) is 0. The van der Waals surface area contributed by atoms with Crippen LogP contribution in [0.4, 0.5) is 0 Å². The van der Waals surface area contributed by atoms with Crippen LogP contribution in [0.15, 0.2) is 36.0 Å². The van der Waals surface area contributed by atoms with Crippen LogP contribution in [0.2, 0.25) is 5.02 Å². The van der Waals surface area contributed by atoms with Crippen LogP contribution in [0.5, 0.6) is 0 Å². The highest BCUT2D eigenvalue weighted by Crippen LogP contribution is 2.11. The van der Waals surface area contributed by atoms with E-state index in [2.05, 4.69) is 0 Å². The monoisotopic (exact) mass is 195 g/mol. The van der Waals surface area contributed by atoms with Crippen LogP contribution < -0.4 is 5.73 Å². The molecule has 0 heterocycles. The topological polar surface area (TPSA) is 43.1 Å². The Morgan fingerprint density at radius 2 is 2.23 bits per heavy atom. The maximum atomic E-state index is 11.4. The standard InChI is InChI=1S/C10H10ClNO/c1-7(12)5-10(13)8-3-2-4-9(11)6-8/h2-6H,12H2,1H3. The minimum atomic E-state index is -0.123. The minimum Gasteiger partial charge on any atom is -0.402 e. The van der Waals surface area contributed by atoms with Crippen LogP contribution in [0.3, 0.4) is 0 Å². The van der Waals surface area contributed by atoms with E-state index in [0.717, 1.165) is 0 Å². The summed E-state index contributed by atoms with van der Waals surface area (Å²) in [5.74, 6) is -0.123. The molecule has 13 heavy (non-hydrogen) atoms. The Morgan fingerprint density at radius 3 is 2.77 bits per heavy atom. The van der Waals surface area contributed by atoms with Gasteiger partial charge in [0.15, 0.2) is 5.78 Å². The first-order chi connectivity index (χ1) is 6.09. The fourth-order valence-corrected chi connectivity index (χ4v) is 1.12. The number of hydrogen-bond acceptors (Lipinski definition) is 2. The number of carbonyl (C=O) groups is 1. The zero-order chi connectivity index (χ0) is 9.84. The van der Waals surface area contributed by atoms with Gasteiger partial charge in [-0.2, -0.15) is 0 Å². The molecule has 0 saturated carbocycles. The molecule has 0 atom stereocenters. The highest BCUT2D eigenvalue weighted by Gasteiger charge is 2.01. The lowest BCUT2D eigenvalue weighted by atomic mass is 10.1. The fraction of sp³-hybridized carbons (Fsp3) is 0.100. The van der Waals surface area contributed by atoms with E-state index >= 15 is 0 Å². The first kappa shape index (κ1) is 9.81. The zero-order valence-corrected chi connectivity index (χ0v) is 8.01. The second-order valence-electron chi connectivity index (χ2n) is 2.76. The lowest BCUT2D eigenvalue weighted by Crippen LogP contribution is -1.99. The van der Waals surface area contributed by atoms with Crippen molar-refractivity contribution < 1.29 is 4.79 Å². The Balaban J connectivity index is 2.96. The summed E-state index contributed by atoms with van der Waals surface area (Å²) < 4.78 is 0. The van der Waals surface area contributed by atoms with Crippen LogP contribution in [0.1, 0.15) is 17.3 Å². The Labute approximate surface area is 82.0 Å². The molecule has 3 heteroatoms. The molecule has 1 aromatic rings. The van der Waals surface area contributed by atoms with Crippen molar-refractivity contribution in [3.05, 3.63) is 46.6 Å². The highest BCUT2D eigenvalue weighted by molar-refractivity contribution is 6.31. The number of halogens is 1. The van der Waals surface area contributed by atoms with Crippen molar-refractivity contribution in [3.8, 4) is 0 Å². The van der Waals surface area contributed by atoms with E-state index in [1.54, 1.807) is 31.2 Å². The summed E-state index contributed by atoms with van der Waals surface area (Å²) in [5, 5.41) is 0.550. The molecule has 0 aliphatic carbocycles. The molecule has 1 rings (SSSR count). The smallest absolute Gasteiger partial charge is 0.187 e. The molecule has 2 N–H and O–H groups in total. The predicted octanol–water partition coefficient (Wildman–Crippen LogP) is 2.39. The molecule has 0 aliphatic heterocycles. The van der Waals surface area contributed by atoms with Gasteiger partial charge in [0.05, 0.1) is 0 Å². The van der Waals surface area contributed by atoms with Crippen molar-refractivity contribution in [2.75, 3.05) is 0 Å². The Hall–Kier alpha value is -1.28. The van der Waals surface area contributed by atoms with Crippen LogP contribution in [0.25, 0.3) is 0 Å². The van der Waals surface area contributed by atoms with Gasteiger partial charge in [-0.1, -0.05) is 23.7 Å². The van der Waals surface area contributed by atoms with Gasteiger partial charge in [-0.05, 0) is 19.1 Å². The van der Waals surface area contributed by atoms with Crippen molar-refractivity contribution in [2.24, 2.45) is 5.73 Å². The van der Waals surface area contributed by atoms with Crippen LogP contribution in [-0.4, -0.2) is 5.78 Å². The maximum absolute atomic E-state index is 11.4. The highest BCUT2D eigenvalue weighted by atomic mass is 35.5. The summed E-state index contributed by atoms with van der Waals surface area (Å²) in [6.07, 6.45) is 1.38. The van der Waals surface area contributed by atoms with E-state index in [9.17, 15) is 4.79 Å². The molecular formula is C10H10ClNO. The summed E-state index contributed by atoms with van der Waals surface area (Å²) in [6, 6.07) is 6.77. The lowest BCUT2D eigenvalue weighted by molar-refractivity contribution is 0.104. The molecule has 0 amide bonds. The van der Waals surface area contributed by atoms with Crippen molar-refractivity contribution in [3.63, 3.8) is 0 Å². The van der Waals surface area contributed by atoms with Crippen molar-refractivity contribution in [2.45, 2.75) is 6.92 Å². The Bertz CT molecular complexity index is 354. The third-order valence-electron chi connectivity index (χ3n) is 1.47. The third-order valence-corrected chi connectivity index (χ3v) is 1.70. The first-order valence-electron chi connectivity index (χ1n) is 3.83. The average Bonchev–Trinajstić information content (AvgIpc) is 2.03. The van der Waals surface area contributed by atoms with Gasteiger partial charge in [-0.25, -0.2) is 0 Å². The van der Waals surface area contributed by atoms with E-state index in [-0.39, 0.29) is 5.78 Å². The van der Waals surface area contributed by atoms with E-state index in [1.807, 2.05) is 0 Å². The number of allylic oxidation sites excluding steroid dienone is 2. The number of carbonyl (C=O) groups excluding carboxylic acids is 1. The van der Waals surface area contributed by atoms with Crippen molar-refractivity contribution in [1.29, 1.82) is 0 Å². The summed E-state index contributed by atoms with van der Waals surface area (Å²) in [4.78, 5) is 11.4. The molecular weight excluding hydrogens is 186 g/mol. The van der Waals surface area contributed by atoms with Gasteiger partial charge in [0, 0.05) is 22.4 Å². The molecule has 0 bridgehead atoms. The molecule has 1 aromatic carbocycles. The van der Waals surface area contributed by atoms with Crippen LogP contribution >= 0.6 is 11.6 Å². The number of hydrogen-bond donors (Lipinski definition) is 1. The van der Waals surface area contributed by atoms with Gasteiger partial charge in [0.2, 0.25) is 0 Å². The van der Waals surface area contributed by atoms with Crippen LogP contribution in [-0.2, 0) is 0 Å². The normalized spacial score (nSPS) is 11.4. The van der Waals surface area contributed by atoms with Gasteiger partial charge in [-0.15, -0.1) is 0 Å². The predicted molar refractivity (Wildman–Crippen MR) is 53.7 cm³/mol. The molecule has 0 saturated heterocycles. The van der Waals surface area contributed by atoms with E-state index in [4.69, 9.17) is 17.3 Å². The van der Waals surface area contributed by atoms with Crippen molar-refractivity contribution in [1.82, 2.24) is 0 Å². The van der Waals surface area contributed by atoms with E-state index in [0.29, 0.717) is 16.3 Å². The summed E-state index contributed by atoms with van der Waals surface area (Å²) in [5.41, 5.74) is 6.42. The molecule has 0 fully saturated rings. The Kier molecular flexibility index (Phi) is 3.09. The van der Waals surface area contributed by atoms with Gasteiger partial charge in [0.1, 0.15) is 0 Å². The molecule has 0 aromatic heterocycles. The van der Waals surface area contributed by atoms with E-state index in [1.165, 1.54) is 6.08 Å². The number of benzene rings is 1. The molecule has 0 aliphatic rings. The molecule has 0 radical (unpaired) electrons. The number of ketones is 1. The van der Waals surface area contributed by atoms with E-state index < -0.39 is 0 Å². The minimum absolute atomic E-state index is 0.123. The SMILES string of the molecule is CC(N)=CC(=O)c1cccc(Cl)c1. The third kappa shape index (κ3) is 2.92. The fourth-order valence-electron chi connectivity index (χ4n) is 0.932. The van der Waals surface area contributed by atoms with Gasteiger partial charge >= 0.3 is 0 Å². The second kappa shape index (κ2) is 4.10. The Morgan fingerprint density at radius 1 is 1.54 bits per heavy atom. The van der Waals surface area contributed by atoms with Crippen LogP contribution in [0, 0.1) is 0 Å². The van der Waals surface area contributed by atoms with Gasteiger partial charge in [-0.3, -0.25) is 4.79 Å². The summed E-state index contributed by atoms with van der Waals surface area (Å²) >= 11 is 5.72. The van der Waals surface area contributed by atoms with Gasteiger partial charge < -0.3 is 5.73 Å². The molecule has 0 spiro atoms. The largest absolute Gasteiger partial charge is 0.402 e.